The van der Waals surface area contributed by atoms with Crippen molar-refractivity contribution in [2.45, 2.75) is 26.7 Å². The highest BCUT2D eigenvalue weighted by Gasteiger charge is 2.10. The third kappa shape index (κ3) is 4.63. The summed E-state index contributed by atoms with van der Waals surface area (Å²) in [5.41, 5.74) is 7.67. The Morgan fingerprint density at radius 3 is 2.76 bits per heavy atom. The molecule has 0 aliphatic heterocycles. The first-order valence-corrected chi connectivity index (χ1v) is 6.90. The SMILES string of the molecule is CCC(CN)CC(=O)Nc1ccc(C)c(I)c1. The summed E-state index contributed by atoms with van der Waals surface area (Å²) in [6, 6.07) is 5.92. The van der Waals surface area contributed by atoms with E-state index < -0.39 is 0 Å². The molecular formula is C13H19IN2O. The van der Waals surface area contributed by atoms with Crippen molar-refractivity contribution in [2.24, 2.45) is 11.7 Å². The molecule has 0 fully saturated rings. The molecule has 0 aliphatic rings. The third-order valence-electron chi connectivity index (χ3n) is 2.84. The monoisotopic (exact) mass is 346 g/mol. The first-order chi connectivity index (χ1) is 8.06. The van der Waals surface area contributed by atoms with Crippen molar-refractivity contribution >= 4 is 34.2 Å². The quantitative estimate of drug-likeness (QED) is 0.806. The standard InChI is InChI=1S/C13H19IN2O/c1-3-10(8-15)6-13(17)16-11-5-4-9(2)12(14)7-11/h4-5,7,10H,3,6,8,15H2,1-2H3,(H,16,17). The number of carbonyl (C=O) groups is 1. The minimum absolute atomic E-state index is 0.0435. The molecule has 1 unspecified atom stereocenters. The molecule has 3 nitrogen and oxygen atoms in total. The van der Waals surface area contributed by atoms with Gasteiger partial charge >= 0.3 is 0 Å². The van der Waals surface area contributed by atoms with E-state index in [1.807, 2.05) is 18.2 Å². The Morgan fingerprint density at radius 1 is 1.53 bits per heavy atom. The first kappa shape index (κ1) is 14.4. The van der Waals surface area contributed by atoms with E-state index in [9.17, 15) is 4.79 Å². The highest BCUT2D eigenvalue weighted by Crippen LogP contribution is 2.17. The maximum atomic E-state index is 11.8. The summed E-state index contributed by atoms with van der Waals surface area (Å²) in [6.07, 6.45) is 1.44. The van der Waals surface area contributed by atoms with E-state index in [1.54, 1.807) is 0 Å². The predicted molar refractivity (Wildman–Crippen MR) is 80.0 cm³/mol. The van der Waals surface area contributed by atoms with E-state index in [0.29, 0.717) is 13.0 Å². The molecule has 0 bridgehead atoms. The average Bonchev–Trinajstić information content (AvgIpc) is 2.31. The molecule has 0 radical (unpaired) electrons. The van der Waals surface area contributed by atoms with Gasteiger partial charge < -0.3 is 11.1 Å². The summed E-state index contributed by atoms with van der Waals surface area (Å²) >= 11 is 2.27. The van der Waals surface area contributed by atoms with Crippen molar-refractivity contribution in [3.63, 3.8) is 0 Å². The Hall–Kier alpha value is -0.620. The highest BCUT2D eigenvalue weighted by atomic mass is 127. The fourth-order valence-electron chi connectivity index (χ4n) is 1.54. The molecule has 0 spiro atoms. The summed E-state index contributed by atoms with van der Waals surface area (Å²) in [5, 5.41) is 2.91. The largest absolute Gasteiger partial charge is 0.330 e. The van der Waals surface area contributed by atoms with Crippen LogP contribution in [0.4, 0.5) is 5.69 Å². The molecule has 94 valence electrons. The second kappa shape index (κ2) is 6.96. The first-order valence-electron chi connectivity index (χ1n) is 5.82. The number of anilines is 1. The van der Waals surface area contributed by atoms with Crippen LogP contribution in [0.15, 0.2) is 18.2 Å². The highest BCUT2D eigenvalue weighted by molar-refractivity contribution is 14.1. The van der Waals surface area contributed by atoms with Crippen LogP contribution in [0.5, 0.6) is 0 Å². The summed E-state index contributed by atoms with van der Waals surface area (Å²) in [7, 11) is 0. The number of hydrogen-bond acceptors (Lipinski definition) is 2. The fourth-order valence-corrected chi connectivity index (χ4v) is 2.05. The second-order valence-corrected chi connectivity index (χ2v) is 5.39. The molecule has 1 aromatic carbocycles. The Morgan fingerprint density at radius 2 is 2.24 bits per heavy atom. The number of rotatable bonds is 5. The molecule has 1 rings (SSSR count). The van der Waals surface area contributed by atoms with Gasteiger partial charge in [0.05, 0.1) is 0 Å². The average molecular weight is 346 g/mol. The van der Waals surface area contributed by atoms with Gasteiger partial charge in [-0.25, -0.2) is 0 Å². The van der Waals surface area contributed by atoms with Crippen LogP contribution in [-0.2, 0) is 4.79 Å². The van der Waals surface area contributed by atoms with Crippen LogP contribution in [0.3, 0.4) is 0 Å². The lowest BCUT2D eigenvalue weighted by Gasteiger charge is -2.12. The van der Waals surface area contributed by atoms with Gasteiger partial charge in [-0.05, 0) is 59.7 Å². The van der Waals surface area contributed by atoms with E-state index in [0.717, 1.165) is 15.7 Å². The number of nitrogens with two attached hydrogens (primary N) is 1. The molecule has 1 atom stereocenters. The molecule has 0 aromatic heterocycles. The van der Waals surface area contributed by atoms with Gasteiger partial charge in [0.1, 0.15) is 0 Å². The molecule has 0 saturated heterocycles. The van der Waals surface area contributed by atoms with Crippen LogP contribution in [0.2, 0.25) is 0 Å². The number of aryl methyl sites for hydroxylation is 1. The van der Waals surface area contributed by atoms with Crippen LogP contribution in [0.1, 0.15) is 25.3 Å². The Balaban J connectivity index is 2.58. The van der Waals surface area contributed by atoms with E-state index in [-0.39, 0.29) is 11.8 Å². The van der Waals surface area contributed by atoms with Crippen molar-refractivity contribution in [3.8, 4) is 0 Å². The summed E-state index contributed by atoms with van der Waals surface area (Å²) in [5.74, 6) is 0.321. The van der Waals surface area contributed by atoms with Crippen molar-refractivity contribution in [1.82, 2.24) is 0 Å². The lowest BCUT2D eigenvalue weighted by molar-refractivity contribution is -0.117. The number of halogens is 1. The Bertz CT molecular complexity index is 389. The van der Waals surface area contributed by atoms with Gasteiger partial charge in [-0.1, -0.05) is 19.4 Å². The van der Waals surface area contributed by atoms with Crippen molar-refractivity contribution in [3.05, 3.63) is 27.3 Å². The van der Waals surface area contributed by atoms with Crippen LogP contribution >= 0.6 is 22.6 Å². The van der Waals surface area contributed by atoms with Crippen LogP contribution in [0, 0.1) is 16.4 Å². The molecule has 0 heterocycles. The van der Waals surface area contributed by atoms with Gasteiger partial charge in [0.25, 0.3) is 0 Å². The zero-order chi connectivity index (χ0) is 12.8. The molecule has 4 heteroatoms. The Kier molecular flexibility index (Phi) is 5.91. The molecular weight excluding hydrogens is 327 g/mol. The number of hydrogen-bond donors (Lipinski definition) is 2. The maximum Gasteiger partial charge on any atom is 0.224 e. The molecule has 1 aromatic rings. The number of carbonyl (C=O) groups excluding carboxylic acids is 1. The molecule has 1 amide bonds. The zero-order valence-corrected chi connectivity index (χ0v) is 12.5. The number of benzene rings is 1. The van der Waals surface area contributed by atoms with E-state index in [2.05, 4.69) is 41.8 Å². The number of nitrogens with one attached hydrogen (secondary N) is 1. The topological polar surface area (TPSA) is 55.1 Å². The summed E-state index contributed by atoms with van der Waals surface area (Å²) in [6.45, 7) is 4.67. The summed E-state index contributed by atoms with van der Waals surface area (Å²) < 4.78 is 1.16. The van der Waals surface area contributed by atoms with Crippen LogP contribution in [0.25, 0.3) is 0 Å². The van der Waals surface area contributed by atoms with Gasteiger partial charge in [0, 0.05) is 15.7 Å². The van der Waals surface area contributed by atoms with Crippen molar-refractivity contribution in [1.29, 1.82) is 0 Å². The van der Waals surface area contributed by atoms with Crippen molar-refractivity contribution < 1.29 is 4.79 Å². The fraction of sp³-hybridized carbons (Fsp3) is 0.462. The predicted octanol–water partition coefficient (Wildman–Crippen LogP) is 2.91. The van der Waals surface area contributed by atoms with Gasteiger partial charge in [0.2, 0.25) is 5.91 Å². The van der Waals surface area contributed by atoms with Gasteiger partial charge in [0.15, 0.2) is 0 Å². The van der Waals surface area contributed by atoms with E-state index >= 15 is 0 Å². The second-order valence-electron chi connectivity index (χ2n) is 4.23. The maximum absolute atomic E-state index is 11.8. The third-order valence-corrected chi connectivity index (χ3v) is 4.00. The van der Waals surface area contributed by atoms with Crippen LogP contribution in [-0.4, -0.2) is 12.5 Å². The van der Waals surface area contributed by atoms with Gasteiger partial charge in [-0.3, -0.25) is 4.79 Å². The van der Waals surface area contributed by atoms with E-state index in [1.165, 1.54) is 5.56 Å². The minimum Gasteiger partial charge on any atom is -0.330 e. The molecule has 0 saturated carbocycles. The summed E-state index contributed by atoms with van der Waals surface area (Å²) in [4.78, 5) is 11.8. The van der Waals surface area contributed by atoms with Gasteiger partial charge in [-0.2, -0.15) is 0 Å². The Labute approximate surface area is 116 Å². The lowest BCUT2D eigenvalue weighted by atomic mass is 10.0. The normalized spacial score (nSPS) is 12.2. The molecule has 0 aliphatic carbocycles. The minimum atomic E-state index is 0.0435. The van der Waals surface area contributed by atoms with Crippen molar-refractivity contribution in [2.75, 3.05) is 11.9 Å². The van der Waals surface area contributed by atoms with Crippen LogP contribution < -0.4 is 11.1 Å². The molecule has 3 N–H and O–H groups in total. The molecule has 17 heavy (non-hydrogen) atoms. The van der Waals surface area contributed by atoms with Gasteiger partial charge in [-0.15, -0.1) is 0 Å². The zero-order valence-electron chi connectivity index (χ0n) is 10.3. The smallest absolute Gasteiger partial charge is 0.224 e. The van der Waals surface area contributed by atoms with E-state index in [4.69, 9.17) is 5.73 Å². The number of amides is 1. The lowest BCUT2D eigenvalue weighted by Crippen LogP contribution is -2.21.